The number of likely N-dealkylation sites (tertiary alicyclic amines) is 1. The Morgan fingerprint density at radius 2 is 1.85 bits per heavy atom. The molecule has 2 aromatic carbocycles. The lowest BCUT2D eigenvalue weighted by molar-refractivity contribution is 0.150. The van der Waals surface area contributed by atoms with Crippen molar-refractivity contribution in [2.24, 2.45) is 0 Å². The summed E-state index contributed by atoms with van der Waals surface area (Å²) in [6.45, 7) is 7.06. The van der Waals surface area contributed by atoms with E-state index in [1.807, 2.05) is 12.1 Å². The van der Waals surface area contributed by atoms with Crippen LogP contribution in [0.15, 0.2) is 36.4 Å². The van der Waals surface area contributed by atoms with Gasteiger partial charge in [0.15, 0.2) is 0 Å². The number of nitrogens with zero attached hydrogens (tertiary/aromatic N) is 3. The predicted octanol–water partition coefficient (Wildman–Crippen LogP) is 4.31. The molecule has 0 spiro atoms. The second-order valence-corrected chi connectivity index (χ2v) is 8.05. The van der Waals surface area contributed by atoms with Gasteiger partial charge in [-0.2, -0.15) is 0 Å². The summed E-state index contributed by atoms with van der Waals surface area (Å²) in [5, 5.41) is 10.4. The first-order valence-corrected chi connectivity index (χ1v) is 9.98. The Bertz CT molecular complexity index is 948. The van der Waals surface area contributed by atoms with Gasteiger partial charge in [0.05, 0.1) is 24.2 Å². The van der Waals surface area contributed by atoms with E-state index in [4.69, 9.17) is 16.6 Å². The van der Waals surface area contributed by atoms with Gasteiger partial charge in [-0.1, -0.05) is 23.7 Å². The smallest absolute Gasteiger partial charge is 0.124 e. The van der Waals surface area contributed by atoms with E-state index in [9.17, 15) is 5.11 Å². The van der Waals surface area contributed by atoms with Gasteiger partial charge in [-0.15, -0.1) is 0 Å². The molecule has 3 aromatic rings. The fourth-order valence-electron chi connectivity index (χ4n) is 3.99. The van der Waals surface area contributed by atoms with Crippen molar-refractivity contribution in [1.29, 1.82) is 0 Å². The van der Waals surface area contributed by atoms with E-state index in [0.29, 0.717) is 0 Å². The Balaban J connectivity index is 1.75. The second-order valence-electron chi connectivity index (χ2n) is 7.61. The molecule has 5 heteroatoms. The Hall–Kier alpha value is -1.88. The van der Waals surface area contributed by atoms with Gasteiger partial charge < -0.3 is 9.67 Å². The lowest BCUT2D eigenvalue weighted by atomic mass is 10.1. The van der Waals surface area contributed by atoms with Crippen LogP contribution in [0.4, 0.5) is 0 Å². The van der Waals surface area contributed by atoms with E-state index in [2.05, 4.69) is 47.6 Å². The lowest BCUT2D eigenvalue weighted by Gasteiger charge is -2.22. The van der Waals surface area contributed by atoms with Crippen LogP contribution in [-0.2, 0) is 13.1 Å². The summed E-state index contributed by atoms with van der Waals surface area (Å²) in [7, 11) is 0. The van der Waals surface area contributed by atoms with Crippen molar-refractivity contribution in [3.05, 3.63) is 63.9 Å². The van der Waals surface area contributed by atoms with Crippen molar-refractivity contribution >= 4 is 22.6 Å². The van der Waals surface area contributed by atoms with Crippen LogP contribution in [-0.4, -0.2) is 38.8 Å². The Morgan fingerprint density at radius 1 is 1.11 bits per heavy atom. The number of rotatable bonds is 5. The summed E-state index contributed by atoms with van der Waals surface area (Å²) in [6.07, 6.45) is 2.20. The van der Waals surface area contributed by atoms with Crippen LogP contribution in [0.25, 0.3) is 11.0 Å². The zero-order chi connectivity index (χ0) is 19.0. The van der Waals surface area contributed by atoms with Gasteiger partial charge in [0.1, 0.15) is 5.82 Å². The molecule has 2 heterocycles. The Morgan fingerprint density at radius 3 is 2.59 bits per heavy atom. The number of hydrogen-bond donors (Lipinski definition) is 1. The summed E-state index contributed by atoms with van der Waals surface area (Å²) in [5.41, 5.74) is 5.96. The van der Waals surface area contributed by atoms with Gasteiger partial charge >= 0.3 is 0 Å². The van der Waals surface area contributed by atoms with E-state index < -0.39 is 0 Å². The third kappa shape index (κ3) is 3.75. The topological polar surface area (TPSA) is 41.3 Å². The first-order valence-electron chi connectivity index (χ1n) is 9.61. The van der Waals surface area contributed by atoms with Crippen molar-refractivity contribution in [3.8, 4) is 0 Å². The van der Waals surface area contributed by atoms with Gasteiger partial charge in [-0.25, -0.2) is 4.98 Å². The van der Waals surface area contributed by atoms with E-state index >= 15 is 0 Å². The highest BCUT2D eigenvalue weighted by atomic mass is 35.5. The lowest BCUT2D eigenvalue weighted by Crippen LogP contribution is -2.32. The SMILES string of the molecule is Cc1cc2nc(CN3CCC[C@H]3CO)n(Cc3ccc(Cl)cc3)c2cc1C. The van der Waals surface area contributed by atoms with Crippen molar-refractivity contribution in [2.45, 2.75) is 45.8 Å². The number of aliphatic hydroxyl groups is 1. The molecule has 27 heavy (non-hydrogen) atoms. The van der Waals surface area contributed by atoms with Crippen molar-refractivity contribution in [2.75, 3.05) is 13.2 Å². The normalized spacial score (nSPS) is 17.9. The van der Waals surface area contributed by atoms with Crippen molar-refractivity contribution in [1.82, 2.24) is 14.5 Å². The van der Waals surface area contributed by atoms with E-state index in [1.54, 1.807) is 0 Å². The quantitative estimate of drug-likeness (QED) is 0.713. The molecule has 4 nitrogen and oxygen atoms in total. The molecule has 0 radical (unpaired) electrons. The molecule has 1 aliphatic heterocycles. The predicted molar refractivity (Wildman–Crippen MR) is 110 cm³/mol. The highest BCUT2D eigenvalue weighted by Gasteiger charge is 2.25. The van der Waals surface area contributed by atoms with E-state index in [1.165, 1.54) is 22.2 Å². The summed E-state index contributed by atoms with van der Waals surface area (Å²) in [6, 6.07) is 12.7. The number of aliphatic hydroxyl groups excluding tert-OH is 1. The second kappa shape index (κ2) is 7.63. The largest absolute Gasteiger partial charge is 0.395 e. The Kier molecular flexibility index (Phi) is 5.22. The van der Waals surface area contributed by atoms with Crippen LogP contribution < -0.4 is 0 Å². The number of fused-ring (bicyclic) bond motifs is 1. The summed E-state index contributed by atoms with van der Waals surface area (Å²) >= 11 is 6.05. The van der Waals surface area contributed by atoms with Crippen LogP contribution in [0.5, 0.6) is 0 Å². The maximum atomic E-state index is 9.68. The van der Waals surface area contributed by atoms with E-state index in [0.717, 1.165) is 48.8 Å². The summed E-state index contributed by atoms with van der Waals surface area (Å²) in [5.74, 6) is 1.06. The minimum absolute atomic E-state index is 0.218. The molecule has 1 saturated heterocycles. The number of hydrogen-bond acceptors (Lipinski definition) is 3. The fourth-order valence-corrected chi connectivity index (χ4v) is 4.12. The molecule has 142 valence electrons. The molecule has 1 N–H and O–H groups in total. The highest BCUT2D eigenvalue weighted by molar-refractivity contribution is 6.30. The molecule has 4 rings (SSSR count). The first kappa shape index (κ1) is 18.5. The van der Waals surface area contributed by atoms with Crippen LogP contribution in [0.2, 0.25) is 5.02 Å². The van der Waals surface area contributed by atoms with Gasteiger partial charge in [0, 0.05) is 17.6 Å². The zero-order valence-corrected chi connectivity index (χ0v) is 16.7. The average Bonchev–Trinajstić information content (AvgIpc) is 3.23. The molecule has 1 aliphatic rings. The summed E-state index contributed by atoms with van der Waals surface area (Å²) < 4.78 is 2.32. The molecule has 0 unspecified atom stereocenters. The monoisotopic (exact) mass is 383 g/mol. The van der Waals surface area contributed by atoms with Crippen LogP contribution >= 0.6 is 11.6 Å². The zero-order valence-electron chi connectivity index (χ0n) is 16.0. The fraction of sp³-hybridized carbons (Fsp3) is 0.409. The third-order valence-corrected chi connectivity index (χ3v) is 6.00. The molecule has 0 aliphatic carbocycles. The Labute approximate surface area is 165 Å². The average molecular weight is 384 g/mol. The maximum absolute atomic E-state index is 9.68. The number of aryl methyl sites for hydroxylation is 2. The molecular weight excluding hydrogens is 358 g/mol. The molecule has 0 amide bonds. The minimum atomic E-state index is 0.218. The summed E-state index contributed by atoms with van der Waals surface area (Å²) in [4.78, 5) is 7.33. The number of aromatic nitrogens is 2. The maximum Gasteiger partial charge on any atom is 0.124 e. The van der Waals surface area contributed by atoms with Crippen LogP contribution in [0, 0.1) is 13.8 Å². The molecule has 0 saturated carbocycles. The number of benzene rings is 2. The van der Waals surface area contributed by atoms with Crippen molar-refractivity contribution in [3.63, 3.8) is 0 Å². The molecule has 1 aromatic heterocycles. The standard InChI is InChI=1S/C22H26ClN3O/c1-15-10-20-21(11-16(15)2)26(12-17-5-7-18(23)8-6-17)22(24-20)13-25-9-3-4-19(25)14-27/h5-8,10-11,19,27H,3-4,9,12-14H2,1-2H3/t19-/m0/s1. The van der Waals surface area contributed by atoms with Gasteiger partial charge in [-0.3, -0.25) is 4.90 Å². The van der Waals surface area contributed by atoms with Crippen LogP contribution in [0.3, 0.4) is 0 Å². The van der Waals surface area contributed by atoms with E-state index in [-0.39, 0.29) is 12.6 Å². The van der Waals surface area contributed by atoms with Gasteiger partial charge in [-0.05, 0) is 74.2 Å². The molecule has 1 fully saturated rings. The molecular formula is C22H26ClN3O. The minimum Gasteiger partial charge on any atom is -0.395 e. The number of imidazole rings is 1. The van der Waals surface area contributed by atoms with Crippen molar-refractivity contribution < 1.29 is 5.11 Å². The highest BCUT2D eigenvalue weighted by Crippen LogP contribution is 2.25. The van der Waals surface area contributed by atoms with Gasteiger partial charge in [0.2, 0.25) is 0 Å². The van der Waals surface area contributed by atoms with Crippen LogP contribution in [0.1, 0.15) is 35.4 Å². The molecule has 0 bridgehead atoms. The molecule has 1 atom stereocenters. The number of halogens is 1. The van der Waals surface area contributed by atoms with Gasteiger partial charge in [0.25, 0.3) is 0 Å². The first-order chi connectivity index (χ1) is 13.0. The third-order valence-electron chi connectivity index (χ3n) is 5.75.